The van der Waals surface area contributed by atoms with Gasteiger partial charge in [0.25, 0.3) is 0 Å². The molecule has 4 rings (SSSR count). The summed E-state index contributed by atoms with van der Waals surface area (Å²) < 4.78 is 13.2. The molecule has 6 nitrogen and oxygen atoms in total. The molecule has 0 amide bonds. The first kappa shape index (κ1) is 12.6. The van der Waals surface area contributed by atoms with Crippen molar-refractivity contribution in [1.82, 2.24) is 20.1 Å². The van der Waals surface area contributed by atoms with Gasteiger partial charge in [0, 0.05) is 31.1 Å². The number of aryl methyl sites for hydroxylation is 2. The zero-order valence-corrected chi connectivity index (χ0v) is 12.0. The van der Waals surface area contributed by atoms with Crippen molar-refractivity contribution in [1.29, 1.82) is 0 Å². The third-order valence-corrected chi connectivity index (χ3v) is 4.19. The predicted octanol–water partition coefficient (Wildman–Crippen LogP) is 1.42. The molecule has 1 aromatic carbocycles. The quantitative estimate of drug-likeness (QED) is 0.924. The largest absolute Gasteiger partial charge is 0.454 e. The molecule has 0 saturated carbocycles. The van der Waals surface area contributed by atoms with Gasteiger partial charge in [-0.1, -0.05) is 12.1 Å². The maximum Gasteiger partial charge on any atom is 0.231 e. The van der Waals surface area contributed by atoms with Gasteiger partial charge in [0.05, 0.1) is 0 Å². The van der Waals surface area contributed by atoms with Gasteiger partial charge in [-0.3, -0.25) is 0 Å². The Kier molecular flexibility index (Phi) is 3.03. The fourth-order valence-corrected chi connectivity index (χ4v) is 3.01. The van der Waals surface area contributed by atoms with Crippen molar-refractivity contribution in [2.75, 3.05) is 6.79 Å². The van der Waals surface area contributed by atoms with Crippen LogP contribution in [0.25, 0.3) is 0 Å². The molecule has 0 fully saturated rings. The van der Waals surface area contributed by atoms with Gasteiger partial charge >= 0.3 is 0 Å². The van der Waals surface area contributed by atoms with E-state index in [4.69, 9.17) is 9.47 Å². The molecule has 1 N–H and O–H groups in total. The maximum atomic E-state index is 5.55. The zero-order valence-electron chi connectivity index (χ0n) is 12.0. The van der Waals surface area contributed by atoms with Crippen molar-refractivity contribution in [2.24, 2.45) is 0 Å². The lowest BCUT2D eigenvalue weighted by molar-refractivity contribution is 0.173. The molecular weight excluding hydrogens is 268 g/mol. The van der Waals surface area contributed by atoms with Crippen LogP contribution < -0.4 is 14.8 Å². The number of para-hydroxylation sites is 1. The molecule has 2 aliphatic heterocycles. The molecule has 0 saturated heterocycles. The van der Waals surface area contributed by atoms with E-state index in [0.717, 1.165) is 54.6 Å². The van der Waals surface area contributed by atoms with Crippen LogP contribution in [0.15, 0.2) is 18.2 Å². The Morgan fingerprint density at radius 3 is 3.24 bits per heavy atom. The summed E-state index contributed by atoms with van der Waals surface area (Å²) in [6.07, 6.45) is 2.07. The average molecular weight is 286 g/mol. The Bertz CT molecular complexity index is 668. The highest BCUT2D eigenvalue weighted by molar-refractivity contribution is 5.48. The first-order valence-electron chi connectivity index (χ1n) is 7.31. The summed E-state index contributed by atoms with van der Waals surface area (Å²) in [5.74, 6) is 3.81. The van der Waals surface area contributed by atoms with Gasteiger partial charge in [0.15, 0.2) is 11.5 Å². The smallest absolute Gasteiger partial charge is 0.231 e. The molecule has 2 aromatic rings. The van der Waals surface area contributed by atoms with Crippen molar-refractivity contribution in [2.45, 2.75) is 38.9 Å². The van der Waals surface area contributed by atoms with Crippen LogP contribution in [0, 0.1) is 6.92 Å². The topological polar surface area (TPSA) is 61.2 Å². The summed E-state index contributed by atoms with van der Waals surface area (Å²) in [5, 5.41) is 12.0. The van der Waals surface area contributed by atoms with E-state index in [1.807, 2.05) is 19.1 Å². The highest BCUT2D eigenvalue weighted by atomic mass is 16.7. The summed E-state index contributed by atoms with van der Waals surface area (Å²) in [6, 6.07) is 6.47. The molecule has 1 aromatic heterocycles. The number of aromatic nitrogens is 3. The van der Waals surface area contributed by atoms with Crippen molar-refractivity contribution in [3.8, 4) is 11.5 Å². The number of nitrogens with one attached hydrogen (secondary N) is 1. The third kappa shape index (κ3) is 2.25. The van der Waals surface area contributed by atoms with E-state index in [2.05, 4.69) is 26.1 Å². The van der Waals surface area contributed by atoms with Crippen molar-refractivity contribution >= 4 is 0 Å². The number of hydrogen-bond donors (Lipinski definition) is 1. The lowest BCUT2D eigenvalue weighted by Crippen LogP contribution is -2.37. The van der Waals surface area contributed by atoms with Gasteiger partial charge in [-0.15, -0.1) is 10.2 Å². The van der Waals surface area contributed by atoms with Crippen molar-refractivity contribution in [3.63, 3.8) is 0 Å². The summed E-state index contributed by atoms with van der Waals surface area (Å²) in [7, 11) is 0. The highest BCUT2D eigenvalue weighted by Gasteiger charge is 2.22. The van der Waals surface area contributed by atoms with Crippen LogP contribution in [0.4, 0.5) is 0 Å². The standard InChI is InChI=1S/C15H18N4O2/c1-10-17-18-14-6-5-12(8-19(10)14)16-7-11-3-2-4-13-15(11)21-9-20-13/h2-4,12,16H,5-9H2,1H3/t12-/m0/s1. The molecule has 6 heteroatoms. The van der Waals surface area contributed by atoms with Gasteiger partial charge in [0.2, 0.25) is 6.79 Å². The minimum absolute atomic E-state index is 0.318. The Morgan fingerprint density at radius 2 is 2.29 bits per heavy atom. The van der Waals surface area contributed by atoms with Gasteiger partial charge < -0.3 is 19.4 Å². The molecular formula is C15H18N4O2. The maximum absolute atomic E-state index is 5.55. The van der Waals surface area contributed by atoms with E-state index in [9.17, 15) is 0 Å². The van der Waals surface area contributed by atoms with E-state index in [1.165, 1.54) is 0 Å². The van der Waals surface area contributed by atoms with Crippen LogP contribution >= 0.6 is 0 Å². The van der Waals surface area contributed by atoms with Gasteiger partial charge in [-0.25, -0.2) is 0 Å². The first-order valence-corrected chi connectivity index (χ1v) is 7.31. The summed E-state index contributed by atoms with van der Waals surface area (Å²) in [4.78, 5) is 0. The second kappa shape index (κ2) is 5.04. The van der Waals surface area contributed by atoms with Crippen LogP contribution in [0.1, 0.15) is 23.6 Å². The number of rotatable bonds is 3. The van der Waals surface area contributed by atoms with Gasteiger partial charge in [-0.05, 0) is 19.4 Å². The van der Waals surface area contributed by atoms with Crippen molar-refractivity contribution < 1.29 is 9.47 Å². The second-order valence-corrected chi connectivity index (χ2v) is 5.54. The summed E-state index contributed by atoms with van der Waals surface area (Å²) in [6.45, 7) is 4.04. The molecule has 1 atom stereocenters. The second-order valence-electron chi connectivity index (χ2n) is 5.54. The Balaban J connectivity index is 1.44. The first-order chi connectivity index (χ1) is 10.3. The Labute approximate surface area is 123 Å². The van der Waals surface area contributed by atoms with Crippen LogP contribution in [-0.2, 0) is 19.5 Å². The molecule has 0 bridgehead atoms. The van der Waals surface area contributed by atoms with E-state index in [-0.39, 0.29) is 0 Å². The van der Waals surface area contributed by atoms with Gasteiger partial charge in [0.1, 0.15) is 11.6 Å². The minimum Gasteiger partial charge on any atom is -0.454 e. The molecule has 3 heterocycles. The number of hydrogen-bond acceptors (Lipinski definition) is 5. The van der Waals surface area contributed by atoms with Crippen LogP contribution in [0.3, 0.4) is 0 Å². The van der Waals surface area contributed by atoms with Crippen LogP contribution in [0.5, 0.6) is 11.5 Å². The van der Waals surface area contributed by atoms with Crippen molar-refractivity contribution in [3.05, 3.63) is 35.4 Å². The normalized spacial score (nSPS) is 19.6. The molecule has 110 valence electrons. The minimum atomic E-state index is 0.318. The lowest BCUT2D eigenvalue weighted by Gasteiger charge is -2.25. The zero-order chi connectivity index (χ0) is 14.2. The molecule has 2 aliphatic rings. The SMILES string of the molecule is Cc1nnc2n1C[C@@H](NCc1cccc3c1OCO3)CC2. The average Bonchev–Trinajstić information content (AvgIpc) is 3.12. The highest BCUT2D eigenvalue weighted by Crippen LogP contribution is 2.35. The van der Waals surface area contributed by atoms with E-state index in [0.29, 0.717) is 12.8 Å². The van der Waals surface area contributed by atoms with E-state index in [1.54, 1.807) is 0 Å². The number of fused-ring (bicyclic) bond motifs is 2. The summed E-state index contributed by atoms with van der Waals surface area (Å²) in [5.41, 5.74) is 1.15. The van der Waals surface area contributed by atoms with E-state index < -0.39 is 0 Å². The molecule has 0 aliphatic carbocycles. The number of ether oxygens (including phenoxy) is 2. The fourth-order valence-electron chi connectivity index (χ4n) is 3.01. The van der Waals surface area contributed by atoms with Gasteiger partial charge in [-0.2, -0.15) is 0 Å². The fraction of sp³-hybridized carbons (Fsp3) is 0.467. The lowest BCUT2D eigenvalue weighted by atomic mass is 10.1. The van der Waals surface area contributed by atoms with E-state index >= 15 is 0 Å². The number of nitrogens with zero attached hydrogens (tertiary/aromatic N) is 3. The van der Waals surface area contributed by atoms with Crippen LogP contribution in [0.2, 0.25) is 0 Å². The Morgan fingerprint density at radius 1 is 1.33 bits per heavy atom. The third-order valence-electron chi connectivity index (χ3n) is 4.19. The monoisotopic (exact) mass is 286 g/mol. The van der Waals surface area contributed by atoms with Crippen LogP contribution in [-0.4, -0.2) is 27.6 Å². The predicted molar refractivity (Wildman–Crippen MR) is 76.3 cm³/mol. The molecule has 0 spiro atoms. The molecule has 21 heavy (non-hydrogen) atoms. The summed E-state index contributed by atoms with van der Waals surface area (Å²) >= 11 is 0. The Hall–Kier alpha value is -2.08. The number of benzene rings is 1. The molecule has 0 radical (unpaired) electrons. The molecule has 0 unspecified atom stereocenters.